The molecule has 0 saturated carbocycles. The van der Waals surface area contributed by atoms with Crippen LogP contribution in [0.2, 0.25) is 0 Å². The van der Waals surface area contributed by atoms with E-state index in [9.17, 15) is 9.90 Å². The molecule has 9 heteroatoms. The standard InChI is InChI=1S/C36H41N3O6/c1-5-28-29(9-7-11-33(28)39-35(42-4)31(18-37-39)36(40)41)30-10-6-8-23(2)34(30)45-21-25-16-24(3)32-20-38(13-12-26(32)17-25)19-27-22-43-14-15-44-27/h6-11,16-18,27H,5,12-15,19-22H2,1-4H3,(H,40,41). The number of para-hydroxylation sites is 1. The molecule has 2 aliphatic heterocycles. The van der Waals surface area contributed by atoms with E-state index in [-0.39, 0.29) is 17.5 Å². The maximum absolute atomic E-state index is 11.8. The second-order valence-electron chi connectivity index (χ2n) is 11.8. The van der Waals surface area contributed by atoms with Crippen molar-refractivity contribution in [3.8, 4) is 28.4 Å². The van der Waals surface area contributed by atoms with E-state index in [0.717, 1.165) is 65.3 Å². The molecule has 9 nitrogen and oxygen atoms in total. The Morgan fingerprint density at radius 1 is 1.09 bits per heavy atom. The summed E-state index contributed by atoms with van der Waals surface area (Å²) in [5, 5.41) is 14.0. The second kappa shape index (κ2) is 13.4. The predicted molar refractivity (Wildman–Crippen MR) is 172 cm³/mol. The summed E-state index contributed by atoms with van der Waals surface area (Å²) < 4.78 is 25.2. The Labute approximate surface area is 264 Å². The molecule has 0 amide bonds. The van der Waals surface area contributed by atoms with Gasteiger partial charge < -0.3 is 24.1 Å². The zero-order valence-electron chi connectivity index (χ0n) is 26.5. The number of rotatable bonds is 10. The van der Waals surface area contributed by atoms with Gasteiger partial charge in [0.15, 0.2) is 0 Å². The number of nitrogens with zero attached hydrogens (tertiary/aromatic N) is 3. The highest BCUT2D eigenvalue weighted by Gasteiger charge is 2.25. The van der Waals surface area contributed by atoms with Gasteiger partial charge >= 0.3 is 5.97 Å². The van der Waals surface area contributed by atoms with Crippen LogP contribution in [0.25, 0.3) is 16.8 Å². The molecule has 2 aliphatic rings. The molecular formula is C36H41N3O6. The number of ether oxygens (including phenoxy) is 4. The normalized spacial score (nSPS) is 16.8. The van der Waals surface area contributed by atoms with Gasteiger partial charge in [-0.15, -0.1) is 0 Å². The van der Waals surface area contributed by atoms with E-state index in [4.69, 9.17) is 18.9 Å². The summed E-state index contributed by atoms with van der Waals surface area (Å²) in [4.78, 5) is 14.2. The highest BCUT2D eigenvalue weighted by Crippen LogP contribution is 2.39. The number of carbonyl (C=O) groups is 1. The Morgan fingerprint density at radius 3 is 2.67 bits per heavy atom. The number of carboxylic acid groups (broad SMARTS) is 1. The number of aromatic carboxylic acids is 1. The van der Waals surface area contributed by atoms with E-state index in [1.165, 1.54) is 30.0 Å². The van der Waals surface area contributed by atoms with Crippen molar-refractivity contribution in [2.45, 2.75) is 52.9 Å². The van der Waals surface area contributed by atoms with E-state index in [1.807, 2.05) is 18.2 Å². The molecule has 1 fully saturated rings. The maximum Gasteiger partial charge on any atom is 0.342 e. The number of hydrogen-bond donors (Lipinski definition) is 1. The molecule has 4 aromatic rings. The van der Waals surface area contributed by atoms with E-state index < -0.39 is 5.97 Å². The first-order chi connectivity index (χ1) is 21.9. The van der Waals surface area contributed by atoms with Gasteiger partial charge in [-0.25, -0.2) is 9.48 Å². The number of methoxy groups -OCH3 is 1. The Morgan fingerprint density at radius 2 is 1.91 bits per heavy atom. The monoisotopic (exact) mass is 611 g/mol. The molecule has 3 aromatic carbocycles. The van der Waals surface area contributed by atoms with Crippen LogP contribution >= 0.6 is 0 Å². The minimum atomic E-state index is -1.08. The van der Waals surface area contributed by atoms with Crippen LogP contribution in [-0.2, 0) is 35.5 Å². The van der Waals surface area contributed by atoms with E-state index in [0.29, 0.717) is 32.8 Å². The van der Waals surface area contributed by atoms with Crippen LogP contribution in [0.1, 0.15) is 50.7 Å². The predicted octanol–water partition coefficient (Wildman–Crippen LogP) is 5.78. The highest BCUT2D eigenvalue weighted by molar-refractivity contribution is 5.90. The Hall–Kier alpha value is -4.18. The number of aryl methyl sites for hydroxylation is 2. The van der Waals surface area contributed by atoms with Crippen molar-refractivity contribution in [3.63, 3.8) is 0 Å². The maximum atomic E-state index is 11.8. The number of hydrogen-bond acceptors (Lipinski definition) is 7. The third kappa shape index (κ3) is 6.33. The summed E-state index contributed by atoms with van der Waals surface area (Å²) in [7, 11) is 1.46. The van der Waals surface area contributed by atoms with Gasteiger partial charge in [0.2, 0.25) is 5.88 Å². The SMILES string of the molecule is CCc1c(-c2cccc(C)c2OCc2cc(C)c3c(c2)CCN(CC2COCCO2)C3)cccc1-n1ncc(C(=O)O)c1OC. The molecule has 0 radical (unpaired) electrons. The molecule has 1 saturated heterocycles. The molecule has 45 heavy (non-hydrogen) atoms. The summed E-state index contributed by atoms with van der Waals surface area (Å²) in [5.74, 6) is -0.0582. The van der Waals surface area contributed by atoms with Gasteiger partial charge in [-0.1, -0.05) is 49.4 Å². The van der Waals surface area contributed by atoms with Crippen molar-refractivity contribution in [1.82, 2.24) is 14.7 Å². The quantitative estimate of drug-likeness (QED) is 0.241. The third-order valence-electron chi connectivity index (χ3n) is 8.82. The van der Waals surface area contributed by atoms with Crippen LogP contribution in [0.4, 0.5) is 0 Å². The van der Waals surface area contributed by atoms with Crippen LogP contribution in [0, 0.1) is 13.8 Å². The van der Waals surface area contributed by atoms with Gasteiger partial charge in [0, 0.05) is 25.2 Å². The lowest BCUT2D eigenvalue weighted by Crippen LogP contribution is -2.42. The van der Waals surface area contributed by atoms with Gasteiger partial charge in [0.25, 0.3) is 0 Å². The summed E-state index contributed by atoms with van der Waals surface area (Å²) in [6.07, 6.45) is 3.17. The summed E-state index contributed by atoms with van der Waals surface area (Å²) in [6.45, 7) is 11.7. The third-order valence-corrected chi connectivity index (χ3v) is 8.82. The summed E-state index contributed by atoms with van der Waals surface area (Å²) in [5.41, 5.74) is 10.1. The molecule has 1 aromatic heterocycles. The minimum Gasteiger partial charge on any atom is -0.488 e. The first-order valence-electron chi connectivity index (χ1n) is 15.6. The van der Waals surface area contributed by atoms with Gasteiger partial charge in [0.1, 0.15) is 17.9 Å². The van der Waals surface area contributed by atoms with Crippen LogP contribution in [0.15, 0.2) is 54.7 Å². The lowest BCUT2D eigenvalue weighted by molar-refractivity contribution is -0.0985. The van der Waals surface area contributed by atoms with Crippen molar-refractivity contribution in [2.75, 3.05) is 40.0 Å². The van der Waals surface area contributed by atoms with Crippen molar-refractivity contribution in [2.24, 2.45) is 0 Å². The summed E-state index contributed by atoms with van der Waals surface area (Å²) in [6, 6.07) is 16.7. The zero-order chi connectivity index (χ0) is 31.5. The van der Waals surface area contributed by atoms with E-state index in [1.54, 1.807) is 4.68 Å². The van der Waals surface area contributed by atoms with Crippen molar-refractivity contribution >= 4 is 5.97 Å². The lowest BCUT2D eigenvalue weighted by atomic mass is 9.93. The Kier molecular flexibility index (Phi) is 9.21. The Balaban J connectivity index is 1.26. The minimum absolute atomic E-state index is 0.0189. The van der Waals surface area contributed by atoms with Crippen LogP contribution in [0.5, 0.6) is 11.6 Å². The largest absolute Gasteiger partial charge is 0.488 e. The molecule has 0 spiro atoms. The fourth-order valence-electron chi connectivity index (χ4n) is 6.63. The lowest BCUT2D eigenvalue weighted by Gasteiger charge is -2.34. The first kappa shape index (κ1) is 30.8. The highest BCUT2D eigenvalue weighted by atomic mass is 16.6. The number of aromatic nitrogens is 2. The fraction of sp³-hybridized carbons (Fsp3) is 0.389. The Bertz CT molecular complexity index is 1690. The van der Waals surface area contributed by atoms with Crippen LogP contribution in [0.3, 0.4) is 0 Å². The molecule has 1 atom stereocenters. The molecule has 1 N–H and O–H groups in total. The molecule has 0 aliphatic carbocycles. The molecule has 3 heterocycles. The topological polar surface area (TPSA) is 95.3 Å². The molecule has 6 rings (SSSR count). The second-order valence-corrected chi connectivity index (χ2v) is 11.8. The average molecular weight is 612 g/mol. The van der Waals surface area contributed by atoms with E-state index in [2.05, 4.69) is 61.1 Å². The number of benzene rings is 3. The first-order valence-corrected chi connectivity index (χ1v) is 15.6. The molecule has 236 valence electrons. The number of carboxylic acids is 1. The van der Waals surface area contributed by atoms with Gasteiger partial charge in [0.05, 0.1) is 44.9 Å². The zero-order valence-corrected chi connectivity index (χ0v) is 26.5. The molecule has 0 bridgehead atoms. The van der Waals surface area contributed by atoms with Crippen molar-refractivity contribution in [3.05, 3.63) is 93.7 Å². The smallest absolute Gasteiger partial charge is 0.342 e. The van der Waals surface area contributed by atoms with Crippen LogP contribution in [-0.4, -0.2) is 71.9 Å². The number of fused-ring (bicyclic) bond motifs is 1. The van der Waals surface area contributed by atoms with Gasteiger partial charge in [-0.05, 0) is 71.7 Å². The molecule has 1 unspecified atom stereocenters. The van der Waals surface area contributed by atoms with E-state index >= 15 is 0 Å². The van der Waals surface area contributed by atoms with Gasteiger partial charge in [-0.2, -0.15) is 5.10 Å². The summed E-state index contributed by atoms with van der Waals surface area (Å²) >= 11 is 0. The molecular weight excluding hydrogens is 570 g/mol. The van der Waals surface area contributed by atoms with Crippen molar-refractivity contribution in [1.29, 1.82) is 0 Å². The van der Waals surface area contributed by atoms with Gasteiger partial charge in [-0.3, -0.25) is 4.90 Å². The fourth-order valence-corrected chi connectivity index (χ4v) is 6.63. The average Bonchev–Trinajstić information content (AvgIpc) is 3.49. The van der Waals surface area contributed by atoms with Crippen molar-refractivity contribution < 1.29 is 28.8 Å². The van der Waals surface area contributed by atoms with Crippen LogP contribution < -0.4 is 9.47 Å².